The zero-order valence-electron chi connectivity index (χ0n) is 34.0. The molecule has 4 aromatic rings. The summed E-state index contributed by atoms with van der Waals surface area (Å²) in [5.74, 6) is -1.16. The Morgan fingerprint density at radius 1 is 0.417 bits per heavy atom. The Morgan fingerprint density at radius 3 is 1.07 bits per heavy atom. The van der Waals surface area contributed by atoms with Crippen LogP contribution in [0.3, 0.4) is 0 Å². The Balaban J connectivity index is 1.27. The molecule has 320 valence electrons. The van der Waals surface area contributed by atoms with E-state index in [1.54, 1.807) is 9.80 Å². The number of amides is 4. The van der Waals surface area contributed by atoms with E-state index < -0.39 is 36.9 Å². The number of rotatable bonds is 25. The van der Waals surface area contributed by atoms with Crippen LogP contribution in [0.15, 0.2) is 121 Å². The topological polar surface area (TPSA) is 164 Å². The molecule has 4 rings (SSSR count). The Morgan fingerprint density at radius 2 is 0.717 bits per heavy atom. The van der Waals surface area contributed by atoms with Crippen LogP contribution in [-0.4, -0.2) is 96.0 Å². The minimum Gasteiger partial charge on any atom is -0.480 e. The fourth-order valence-corrected chi connectivity index (χ4v) is 6.02. The van der Waals surface area contributed by atoms with Crippen molar-refractivity contribution >= 4 is 30.3 Å². The van der Waals surface area contributed by atoms with Crippen molar-refractivity contribution in [1.29, 1.82) is 0 Å². The Kier molecular flexibility index (Phi) is 20.9. The van der Waals surface area contributed by atoms with Crippen molar-refractivity contribution < 1.29 is 48.0 Å². The van der Waals surface area contributed by atoms with Crippen molar-refractivity contribution in [1.82, 2.24) is 20.0 Å². The molecule has 0 saturated heterocycles. The number of carboxylic acid groups (broad SMARTS) is 1. The van der Waals surface area contributed by atoms with Crippen LogP contribution in [0.4, 0.5) is 19.2 Å². The third-order valence-electron chi connectivity index (χ3n) is 9.27. The lowest BCUT2D eigenvalue weighted by Crippen LogP contribution is -2.38. The smallest absolute Gasteiger partial charge is 0.410 e. The van der Waals surface area contributed by atoms with Crippen LogP contribution in [0.5, 0.6) is 0 Å². The summed E-state index contributed by atoms with van der Waals surface area (Å²) in [6, 6.07) is 37.3. The second-order valence-corrected chi connectivity index (χ2v) is 14.0. The average molecular weight is 825 g/mol. The first kappa shape index (κ1) is 46.1. The number of hydrogen-bond donors (Lipinski definition) is 2. The van der Waals surface area contributed by atoms with Gasteiger partial charge in [0, 0.05) is 39.3 Å². The highest BCUT2D eigenvalue weighted by atomic mass is 16.6. The maximum atomic E-state index is 13.4. The number of carbonyl (C=O) groups excluding carboxylic acids is 4. The third kappa shape index (κ3) is 18.8. The molecule has 0 aromatic heterocycles. The van der Waals surface area contributed by atoms with Gasteiger partial charge >= 0.3 is 30.3 Å². The molecule has 4 aromatic carbocycles. The molecule has 14 heteroatoms. The largest absolute Gasteiger partial charge is 0.480 e. The molecule has 0 unspecified atom stereocenters. The van der Waals surface area contributed by atoms with Crippen LogP contribution < -0.4 is 5.32 Å². The third-order valence-corrected chi connectivity index (χ3v) is 9.27. The first-order valence-electron chi connectivity index (χ1n) is 20.3. The highest BCUT2D eigenvalue weighted by Gasteiger charge is 2.21. The number of aliphatic carboxylic acids is 1. The summed E-state index contributed by atoms with van der Waals surface area (Å²) in [4.78, 5) is 67.5. The number of alkyl carbamates (subject to hydrolysis) is 1. The molecule has 0 fully saturated rings. The number of benzene rings is 4. The van der Waals surface area contributed by atoms with Gasteiger partial charge < -0.3 is 39.2 Å². The molecule has 14 nitrogen and oxygen atoms in total. The van der Waals surface area contributed by atoms with Crippen LogP contribution in [0, 0.1) is 0 Å². The Bertz CT molecular complexity index is 1850. The predicted molar refractivity (Wildman–Crippen MR) is 225 cm³/mol. The van der Waals surface area contributed by atoms with Crippen molar-refractivity contribution in [2.24, 2.45) is 0 Å². The lowest BCUT2D eigenvalue weighted by Gasteiger charge is -2.25. The van der Waals surface area contributed by atoms with Gasteiger partial charge in [-0.1, -0.05) is 121 Å². The second kappa shape index (κ2) is 27.2. The quantitative estimate of drug-likeness (QED) is 0.0491. The molecule has 0 radical (unpaired) electrons. The van der Waals surface area contributed by atoms with E-state index in [9.17, 15) is 29.1 Å². The molecule has 4 amide bonds. The Labute approximate surface area is 352 Å². The maximum absolute atomic E-state index is 13.4. The second-order valence-electron chi connectivity index (χ2n) is 14.0. The number of carbonyl (C=O) groups is 5. The monoisotopic (exact) mass is 824 g/mol. The summed E-state index contributed by atoms with van der Waals surface area (Å²) in [5, 5.41) is 12.2. The van der Waals surface area contributed by atoms with Crippen LogP contribution in [0.25, 0.3) is 0 Å². The SMILES string of the molecule is O=C(O)CN(CCCCN(CCCCN(CCCCNC(=O)OCc1ccccc1)C(=O)OCc1ccccc1)C(=O)OCc1ccccc1)C(=O)OCc1ccccc1. The molecule has 0 heterocycles. The molecular weight excluding hydrogens is 769 g/mol. The first-order valence-corrected chi connectivity index (χ1v) is 20.3. The molecule has 0 saturated carbocycles. The van der Waals surface area contributed by atoms with Crippen molar-refractivity contribution in [2.75, 3.05) is 45.8 Å². The van der Waals surface area contributed by atoms with E-state index in [-0.39, 0.29) is 33.0 Å². The van der Waals surface area contributed by atoms with Crippen LogP contribution in [0.2, 0.25) is 0 Å². The van der Waals surface area contributed by atoms with E-state index in [0.29, 0.717) is 71.2 Å². The minimum absolute atomic E-state index is 0.0161. The molecule has 0 spiro atoms. The lowest BCUT2D eigenvalue weighted by atomic mass is 10.2. The first-order chi connectivity index (χ1) is 29.3. The predicted octanol–water partition coefficient (Wildman–Crippen LogP) is 8.25. The summed E-state index contributed by atoms with van der Waals surface area (Å²) in [7, 11) is 0. The average Bonchev–Trinajstić information content (AvgIpc) is 3.27. The molecular formula is C46H56N4O10. The van der Waals surface area contributed by atoms with Gasteiger partial charge in [-0.15, -0.1) is 0 Å². The van der Waals surface area contributed by atoms with E-state index in [1.165, 1.54) is 0 Å². The van der Waals surface area contributed by atoms with Gasteiger partial charge in [0.05, 0.1) is 0 Å². The number of nitrogens with zero attached hydrogens (tertiary/aromatic N) is 3. The van der Waals surface area contributed by atoms with E-state index in [1.807, 2.05) is 121 Å². The number of nitrogens with one attached hydrogen (secondary N) is 1. The van der Waals surface area contributed by atoms with Crippen LogP contribution in [-0.2, 0) is 50.2 Å². The highest BCUT2D eigenvalue weighted by Crippen LogP contribution is 2.11. The zero-order chi connectivity index (χ0) is 42.6. The molecule has 0 aliphatic rings. The fourth-order valence-electron chi connectivity index (χ4n) is 6.02. The molecule has 0 atom stereocenters. The van der Waals surface area contributed by atoms with Crippen molar-refractivity contribution in [3.8, 4) is 0 Å². The minimum atomic E-state index is -1.16. The standard InChI is InChI=1S/C46H56N4O10/c51-42(52)33-50(46(56)60-37-41-25-11-4-12-26-41)32-18-17-31-49(45(55)59-36-40-23-9-3-10-24-40)30-16-15-29-48(44(54)58-35-39-21-7-2-8-22-39)28-14-13-27-47-43(53)57-34-38-19-5-1-6-20-38/h1-12,19-26H,13-18,27-37H2,(H,47,53)(H,51,52). The van der Waals surface area contributed by atoms with Gasteiger partial charge in [0.1, 0.15) is 33.0 Å². The molecule has 0 aliphatic carbocycles. The maximum Gasteiger partial charge on any atom is 0.410 e. The van der Waals surface area contributed by atoms with E-state index in [2.05, 4.69) is 5.32 Å². The summed E-state index contributed by atoms with van der Waals surface area (Å²) in [6.45, 7) is 1.82. The number of hydrogen-bond acceptors (Lipinski definition) is 9. The fraction of sp³-hybridized carbons (Fsp3) is 0.370. The lowest BCUT2D eigenvalue weighted by molar-refractivity contribution is -0.138. The zero-order valence-corrected chi connectivity index (χ0v) is 34.0. The van der Waals surface area contributed by atoms with Crippen molar-refractivity contribution in [3.63, 3.8) is 0 Å². The number of ether oxygens (including phenoxy) is 4. The van der Waals surface area contributed by atoms with Crippen molar-refractivity contribution in [2.45, 2.75) is 65.0 Å². The highest BCUT2D eigenvalue weighted by molar-refractivity contribution is 5.76. The summed E-state index contributed by atoms with van der Waals surface area (Å²) >= 11 is 0. The van der Waals surface area contributed by atoms with E-state index in [4.69, 9.17) is 18.9 Å². The summed E-state index contributed by atoms with van der Waals surface area (Å²) in [6.07, 6.45) is 1.01. The van der Waals surface area contributed by atoms with Gasteiger partial charge in [-0.3, -0.25) is 9.69 Å². The number of unbranched alkanes of at least 4 members (excludes halogenated alkanes) is 3. The molecule has 60 heavy (non-hydrogen) atoms. The normalized spacial score (nSPS) is 10.5. The number of carboxylic acids is 1. The van der Waals surface area contributed by atoms with Gasteiger partial charge in [0.15, 0.2) is 0 Å². The van der Waals surface area contributed by atoms with Gasteiger partial charge in [0.2, 0.25) is 0 Å². The molecule has 0 bridgehead atoms. The van der Waals surface area contributed by atoms with Gasteiger partial charge in [-0.2, -0.15) is 0 Å². The van der Waals surface area contributed by atoms with E-state index in [0.717, 1.165) is 27.2 Å². The Hall–Kier alpha value is -6.57. The molecule has 2 N–H and O–H groups in total. The van der Waals surface area contributed by atoms with Crippen LogP contribution >= 0.6 is 0 Å². The summed E-state index contributed by atoms with van der Waals surface area (Å²) < 4.78 is 22.0. The van der Waals surface area contributed by atoms with Gasteiger partial charge in [-0.25, -0.2) is 19.2 Å². The molecule has 0 aliphatic heterocycles. The van der Waals surface area contributed by atoms with E-state index >= 15 is 0 Å². The van der Waals surface area contributed by atoms with Crippen molar-refractivity contribution in [3.05, 3.63) is 144 Å². The van der Waals surface area contributed by atoms with Gasteiger partial charge in [-0.05, 0) is 60.8 Å². The van der Waals surface area contributed by atoms with Gasteiger partial charge in [0.25, 0.3) is 0 Å². The van der Waals surface area contributed by atoms with Crippen LogP contribution in [0.1, 0.15) is 60.8 Å². The summed E-state index contributed by atoms with van der Waals surface area (Å²) in [5.41, 5.74) is 3.38.